The molecule has 0 aliphatic rings. The Hall–Kier alpha value is -3.67. The van der Waals surface area contributed by atoms with Crippen molar-refractivity contribution in [1.29, 1.82) is 0 Å². The molecule has 12 heteroatoms. The van der Waals surface area contributed by atoms with Gasteiger partial charge in [0, 0.05) is 23.2 Å². The van der Waals surface area contributed by atoms with Crippen LogP contribution in [0.2, 0.25) is 0 Å². The Labute approximate surface area is 169 Å². The van der Waals surface area contributed by atoms with Crippen LogP contribution in [0, 0.1) is 6.92 Å². The molecule has 0 spiro atoms. The van der Waals surface area contributed by atoms with Gasteiger partial charge in [0.15, 0.2) is 5.95 Å². The van der Waals surface area contributed by atoms with Crippen molar-refractivity contribution >= 4 is 33.0 Å². The molecule has 0 aliphatic carbocycles. The van der Waals surface area contributed by atoms with Gasteiger partial charge in [0.1, 0.15) is 15.5 Å². The third-order valence-electron chi connectivity index (χ3n) is 4.08. The van der Waals surface area contributed by atoms with Crippen LogP contribution in [0.25, 0.3) is 15.9 Å². The first kappa shape index (κ1) is 19.6. The van der Waals surface area contributed by atoms with E-state index in [-0.39, 0.29) is 16.3 Å². The lowest BCUT2D eigenvalue weighted by molar-refractivity contribution is -0.672. The molecule has 4 rings (SSSR count). The van der Waals surface area contributed by atoms with Crippen LogP contribution < -0.4 is 20.3 Å². The average molecular weight is 436 g/mol. The summed E-state index contributed by atoms with van der Waals surface area (Å²) in [4.78, 5) is 18.0. The number of ketones is 1. The molecule has 0 radical (unpaired) electrons. The number of nitrogen functional groups attached to an aromatic ring is 1. The Morgan fingerprint density at radius 2 is 1.93 bits per heavy atom. The smallest absolute Gasteiger partial charge is 0.539 e. The molecule has 1 aromatic carbocycles. The van der Waals surface area contributed by atoms with E-state index >= 15 is 0 Å². The van der Waals surface area contributed by atoms with Gasteiger partial charge < -0.3 is 20.1 Å². The molecule has 154 valence electrons. The molecule has 0 amide bonds. The number of aromatic nitrogens is 3. The highest BCUT2D eigenvalue weighted by Gasteiger charge is 2.33. The number of thiophene rings is 1. The number of rotatable bonds is 4. The Balaban J connectivity index is 1.74. The molecule has 3 heterocycles. The predicted molar refractivity (Wildman–Crippen MR) is 96.4 cm³/mol. The number of pyridine rings is 1. The zero-order valence-electron chi connectivity index (χ0n) is 15.1. The van der Waals surface area contributed by atoms with Crippen LogP contribution in [0.4, 0.5) is 18.9 Å². The van der Waals surface area contributed by atoms with E-state index in [4.69, 9.17) is 5.73 Å². The summed E-state index contributed by atoms with van der Waals surface area (Å²) >= 11 is 1.01. The minimum Gasteiger partial charge on any atom is -0.539 e. The number of nitrogens with zero attached hydrogens (tertiary/aromatic N) is 3. The first-order valence-electron chi connectivity index (χ1n) is 8.29. The largest absolute Gasteiger partial charge is 0.573 e. The van der Waals surface area contributed by atoms with Crippen molar-refractivity contribution in [2.75, 3.05) is 5.73 Å². The van der Waals surface area contributed by atoms with E-state index in [1.807, 2.05) is 0 Å². The van der Waals surface area contributed by atoms with E-state index in [0.717, 1.165) is 33.8 Å². The van der Waals surface area contributed by atoms with Gasteiger partial charge in [-0.2, -0.15) is 0 Å². The standard InChI is InChI=1S/C18H11F3N4O4S/c1-8-2-7-11-12(22)15(30-16(11)23-8)14(26)13-17(27)29-24-25(13)9-3-5-10(6-4-9)28-18(19,20)21/h2-7H,1H3,(H2-,22,24,26,27). The monoisotopic (exact) mass is 436 g/mol. The van der Waals surface area contributed by atoms with Crippen LogP contribution in [0.5, 0.6) is 11.7 Å². The number of fused-ring (bicyclic) bond motifs is 1. The zero-order chi connectivity index (χ0) is 21.6. The topological polar surface area (TPSA) is 118 Å². The van der Waals surface area contributed by atoms with Gasteiger partial charge in [-0.15, -0.1) is 24.5 Å². The number of carbonyl (C=O) groups is 1. The van der Waals surface area contributed by atoms with E-state index in [1.165, 1.54) is 12.1 Å². The summed E-state index contributed by atoms with van der Waals surface area (Å²) in [5, 5.41) is 16.3. The molecule has 0 unspecified atom stereocenters. The number of anilines is 1. The molecule has 0 saturated carbocycles. The van der Waals surface area contributed by atoms with E-state index in [1.54, 1.807) is 19.1 Å². The Morgan fingerprint density at radius 3 is 2.60 bits per heavy atom. The van der Waals surface area contributed by atoms with Crippen molar-refractivity contribution in [3.8, 4) is 17.4 Å². The zero-order valence-corrected chi connectivity index (χ0v) is 15.9. The first-order valence-corrected chi connectivity index (χ1v) is 9.11. The van der Waals surface area contributed by atoms with Crippen LogP contribution in [0.3, 0.4) is 0 Å². The van der Waals surface area contributed by atoms with Crippen molar-refractivity contribution in [2.45, 2.75) is 13.3 Å². The molecule has 30 heavy (non-hydrogen) atoms. The fourth-order valence-electron chi connectivity index (χ4n) is 2.77. The maximum Gasteiger partial charge on any atom is 0.573 e. The maximum atomic E-state index is 13.1. The van der Waals surface area contributed by atoms with Crippen molar-refractivity contribution in [3.63, 3.8) is 0 Å². The number of hydrogen-bond acceptors (Lipinski definition) is 8. The third-order valence-corrected chi connectivity index (χ3v) is 5.19. The van der Waals surface area contributed by atoms with Gasteiger partial charge in [-0.25, -0.2) is 4.98 Å². The number of ether oxygens (including phenoxy) is 1. The second kappa shape index (κ2) is 6.99. The molecular formula is C18H11F3N4O4S. The molecule has 0 atom stereocenters. The van der Waals surface area contributed by atoms with Crippen molar-refractivity contribution in [3.05, 3.63) is 52.7 Å². The van der Waals surface area contributed by atoms with Crippen LogP contribution in [0.1, 0.15) is 21.1 Å². The summed E-state index contributed by atoms with van der Waals surface area (Å²) in [7, 11) is 0. The molecule has 8 nitrogen and oxygen atoms in total. The molecule has 0 saturated heterocycles. The number of alkyl halides is 3. The fraction of sp³-hybridized carbons (Fsp3) is 0.111. The van der Waals surface area contributed by atoms with Crippen molar-refractivity contribution in [2.24, 2.45) is 0 Å². The molecule has 3 aromatic heterocycles. The number of aryl methyl sites for hydroxylation is 1. The summed E-state index contributed by atoms with van der Waals surface area (Å²) < 4.78 is 46.3. The molecule has 2 N–H and O–H groups in total. The SMILES string of the molecule is Cc1ccc2c(N)c(C(=O)c3c([O-])on[n+]3-c3ccc(OC(F)(F)F)cc3)sc2n1. The second-order valence-electron chi connectivity index (χ2n) is 6.14. The summed E-state index contributed by atoms with van der Waals surface area (Å²) in [5.41, 5.74) is 6.64. The minimum absolute atomic E-state index is 0.0779. The van der Waals surface area contributed by atoms with Crippen LogP contribution in [-0.2, 0) is 0 Å². The third kappa shape index (κ3) is 3.52. The van der Waals surface area contributed by atoms with Gasteiger partial charge in [-0.3, -0.25) is 4.79 Å². The fourth-order valence-corrected chi connectivity index (χ4v) is 3.85. The van der Waals surface area contributed by atoms with Crippen LogP contribution in [-0.4, -0.2) is 22.4 Å². The van der Waals surface area contributed by atoms with Gasteiger partial charge >= 0.3 is 12.1 Å². The van der Waals surface area contributed by atoms with Gasteiger partial charge in [0.2, 0.25) is 5.69 Å². The maximum absolute atomic E-state index is 13.1. The first-order chi connectivity index (χ1) is 14.1. The highest BCUT2D eigenvalue weighted by Crippen LogP contribution is 2.34. The van der Waals surface area contributed by atoms with E-state index in [2.05, 4.69) is 19.5 Å². The lowest BCUT2D eigenvalue weighted by atomic mass is 10.2. The Bertz CT molecular complexity index is 1270. The number of benzene rings is 1. The van der Waals surface area contributed by atoms with E-state index in [9.17, 15) is 23.1 Å². The molecule has 0 fully saturated rings. The van der Waals surface area contributed by atoms with Crippen LogP contribution in [0.15, 0.2) is 40.9 Å². The predicted octanol–water partition coefficient (Wildman–Crippen LogP) is 2.65. The van der Waals surface area contributed by atoms with Gasteiger partial charge in [0.25, 0.3) is 5.78 Å². The Morgan fingerprint density at radius 1 is 1.23 bits per heavy atom. The number of hydrogen-bond donors (Lipinski definition) is 1. The highest BCUT2D eigenvalue weighted by atomic mass is 32.1. The molecule has 0 aliphatic heterocycles. The summed E-state index contributed by atoms with van der Waals surface area (Å²) in [5.74, 6) is -2.23. The molecular weight excluding hydrogens is 425 g/mol. The van der Waals surface area contributed by atoms with Crippen molar-refractivity contribution in [1.82, 2.24) is 10.3 Å². The quantitative estimate of drug-likeness (QED) is 0.386. The number of halogens is 3. The lowest BCUT2D eigenvalue weighted by Gasteiger charge is -2.07. The average Bonchev–Trinajstić information content (AvgIpc) is 3.20. The second-order valence-corrected chi connectivity index (χ2v) is 7.14. The van der Waals surface area contributed by atoms with E-state index in [0.29, 0.717) is 10.2 Å². The van der Waals surface area contributed by atoms with Gasteiger partial charge in [0.05, 0.1) is 11.0 Å². The van der Waals surface area contributed by atoms with Crippen molar-refractivity contribution < 1.29 is 37.0 Å². The number of nitrogens with two attached hydrogens (primary N) is 1. The highest BCUT2D eigenvalue weighted by molar-refractivity contribution is 7.21. The van der Waals surface area contributed by atoms with E-state index < -0.39 is 29.5 Å². The molecule has 0 bridgehead atoms. The van der Waals surface area contributed by atoms with Gasteiger partial charge in [-0.05, 0) is 35.9 Å². The lowest BCUT2D eigenvalue weighted by Crippen LogP contribution is -2.39. The summed E-state index contributed by atoms with van der Waals surface area (Å²) in [6, 6.07) is 7.88. The van der Waals surface area contributed by atoms with Crippen LogP contribution >= 0.6 is 11.3 Å². The minimum atomic E-state index is -4.85. The normalized spacial score (nSPS) is 11.7. The summed E-state index contributed by atoms with van der Waals surface area (Å²) in [6.07, 6.45) is -4.85. The molecule has 4 aromatic rings. The summed E-state index contributed by atoms with van der Waals surface area (Å²) in [6.45, 7) is 1.78. The Kier molecular flexibility index (Phi) is 4.57. The van der Waals surface area contributed by atoms with Gasteiger partial charge in [-0.1, -0.05) is 0 Å². The number of carbonyl (C=O) groups excluding carboxylic acids is 1.